The number of nitriles is 1. The van der Waals surface area contributed by atoms with Gasteiger partial charge in [-0.3, -0.25) is 0 Å². The van der Waals surface area contributed by atoms with E-state index in [1.54, 1.807) is 18.2 Å². The van der Waals surface area contributed by atoms with Crippen LogP contribution in [0.15, 0.2) is 18.2 Å². The van der Waals surface area contributed by atoms with Crippen molar-refractivity contribution < 1.29 is 4.74 Å². The lowest BCUT2D eigenvalue weighted by Gasteiger charge is -2.06. The molecule has 0 aliphatic carbocycles. The van der Waals surface area contributed by atoms with Crippen LogP contribution in [0.1, 0.15) is 18.4 Å². The summed E-state index contributed by atoms with van der Waals surface area (Å²) >= 11 is 5.90. The zero-order valence-corrected chi connectivity index (χ0v) is 8.92. The predicted molar refractivity (Wildman–Crippen MR) is 59.7 cm³/mol. The fraction of sp³-hybridized carbons (Fsp3) is 0.250. The SMILES string of the molecule is C#CCCCOc1ccc(C#N)cc1Cl. The van der Waals surface area contributed by atoms with Crippen LogP contribution in [0.3, 0.4) is 0 Å². The van der Waals surface area contributed by atoms with E-state index in [2.05, 4.69) is 5.92 Å². The number of hydrogen-bond donors (Lipinski definition) is 0. The summed E-state index contributed by atoms with van der Waals surface area (Å²) in [5, 5.41) is 9.08. The second-order valence-electron chi connectivity index (χ2n) is 2.91. The molecule has 0 radical (unpaired) electrons. The second-order valence-corrected chi connectivity index (χ2v) is 3.32. The van der Waals surface area contributed by atoms with Gasteiger partial charge in [-0.05, 0) is 24.6 Å². The number of hydrogen-bond acceptors (Lipinski definition) is 2. The number of unbranched alkanes of at least 4 members (excludes halogenated alkanes) is 1. The molecule has 0 saturated heterocycles. The molecule has 0 aromatic heterocycles. The third-order valence-corrected chi connectivity index (χ3v) is 2.08. The van der Waals surface area contributed by atoms with Gasteiger partial charge in [-0.1, -0.05) is 11.6 Å². The summed E-state index contributed by atoms with van der Waals surface area (Å²) in [6.45, 7) is 0.538. The number of terminal acetylenes is 1. The highest BCUT2D eigenvalue weighted by Gasteiger charge is 2.02. The molecule has 0 unspecified atom stereocenters. The zero-order chi connectivity index (χ0) is 11.1. The van der Waals surface area contributed by atoms with Crippen molar-refractivity contribution in [3.8, 4) is 24.2 Å². The Morgan fingerprint density at radius 2 is 2.27 bits per heavy atom. The molecule has 1 aromatic rings. The van der Waals surface area contributed by atoms with Gasteiger partial charge in [0.25, 0.3) is 0 Å². The average molecular weight is 220 g/mol. The highest BCUT2D eigenvalue weighted by Crippen LogP contribution is 2.25. The smallest absolute Gasteiger partial charge is 0.137 e. The van der Waals surface area contributed by atoms with E-state index in [1.807, 2.05) is 6.07 Å². The molecule has 15 heavy (non-hydrogen) atoms. The normalized spacial score (nSPS) is 9.00. The van der Waals surface area contributed by atoms with Crippen molar-refractivity contribution in [2.24, 2.45) is 0 Å². The summed E-state index contributed by atoms with van der Waals surface area (Å²) in [6.07, 6.45) is 6.59. The Kier molecular flexibility index (Phi) is 4.54. The van der Waals surface area contributed by atoms with Crippen molar-refractivity contribution in [2.45, 2.75) is 12.8 Å². The van der Waals surface area contributed by atoms with E-state index >= 15 is 0 Å². The first-order valence-corrected chi connectivity index (χ1v) is 4.91. The zero-order valence-electron chi connectivity index (χ0n) is 8.16. The van der Waals surface area contributed by atoms with Crippen LogP contribution in [-0.4, -0.2) is 6.61 Å². The third-order valence-electron chi connectivity index (χ3n) is 1.78. The maximum atomic E-state index is 8.63. The van der Waals surface area contributed by atoms with Gasteiger partial charge in [0.15, 0.2) is 0 Å². The predicted octanol–water partition coefficient (Wildman–Crippen LogP) is 3.00. The largest absolute Gasteiger partial charge is 0.492 e. The molecule has 0 heterocycles. The molecule has 0 amide bonds. The minimum Gasteiger partial charge on any atom is -0.492 e. The Morgan fingerprint density at radius 1 is 1.47 bits per heavy atom. The van der Waals surface area contributed by atoms with Crippen LogP contribution in [0.2, 0.25) is 5.02 Å². The third kappa shape index (κ3) is 3.54. The highest BCUT2D eigenvalue weighted by atomic mass is 35.5. The van der Waals surface area contributed by atoms with E-state index in [9.17, 15) is 0 Å². The van der Waals surface area contributed by atoms with Crippen LogP contribution in [-0.2, 0) is 0 Å². The van der Waals surface area contributed by atoms with Gasteiger partial charge in [0, 0.05) is 6.42 Å². The molecular formula is C12H10ClNO. The number of rotatable bonds is 4. The van der Waals surface area contributed by atoms with Crippen LogP contribution < -0.4 is 4.74 Å². The minimum atomic E-state index is 0.453. The molecule has 0 N–H and O–H groups in total. The van der Waals surface area contributed by atoms with E-state index in [0.29, 0.717) is 29.4 Å². The van der Waals surface area contributed by atoms with Gasteiger partial charge < -0.3 is 4.74 Å². The lowest BCUT2D eigenvalue weighted by Crippen LogP contribution is -1.97. The van der Waals surface area contributed by atoms with E-state index < -0.39 is 0 Å². The fourth-order valence-electron chi connectivity index (χ4n) is 1.04. The second kappa shape index (κ2) is 5.96. The molecule has 0 aliphatic heterocycles. The minimum absolute atomic E-state index is 0.453. The topological polar surface area (TPSA) is 33.0 Å². The maximum absolute atomic E-state index is 8.63. The van der Waals surface area contributed by atoms with Gasteiger partial charge in [0.2, 0.25) is 0 Å². The van der Waals surface area contributed by atoms with Gasteiger partial charge >= 0.3 is 0 Å². The summed E-state index contributed by atoms with van der Waals surface area (Å²) in [4.78, 5) is 0. The molecule has 1 rings (SSSR count). The molecule has 0 bridgehead atoms. The van der Waals surface area contributed by atoms with E-state index in [0.717, 1.165) is 6.42 Å². The molecule has 0 aliphatic rings. The van der Waals surface area contributed by atoms with Crippen LogP contribution in [0.4, 0.5) is 0 Å². The summed E-state index contributed by atoms with van der Waals surface area (Å²) in [6, 6.07) is 6.95. The quantitative estimate of drug-likeness (QED) is 0.576. The van der Waals surface area contributed by atoms with Gasteiger partial charge in [-0.15, -0.1) is 12.3 Å². The lowest BCUT2D eigenvalue weighted by atomic mass is 10.2. The highest BCUT2D eigenvalue weighted by molar-refractivity contribution is 6.32. The Morgan fingerprint density at radius 3 is 2.87 bits per heavy atom. The molecular weight excluding hydrogens is 210 g/mol. The molecule has 0 atom stereocenters. The van der Waals surface area contributed by atoms with Crippen molar-refractivity contribution in [3.63, 3.8) is 0 Å². The summed E-state index contributed by atoms with van der Waals surface area (Å²) < 4.78 is 5.40. The van der Waals surface area contributed by atoms with E-state index in [-0.39, 0.29) is 0 Å². The molecule has 3 heteroatoms. The Hall–Kier alpha value is -1.64. The first-order valence-electron chi connectivity index (χ1n) is 4.54. The number of halogens is 1. The standard InChI is InChI=1S/C12H10ClNO/c1-2-3-4-7-15-12-6-5-10(9-14)8-11(12)13/h1,5-6,8H,3-4,7H2. The van der Waals surface area contributed by atoms with Crippen molar-refractivity contribution in [1.82, 2.24) is 0 Å². The lowest BCUT2D eigenvalue weighted by molar-refractivity contribution is 0.313. The number of ether oxygens (including phenoxy) is 1. The first kappa shape index (κ1) is 11.4. The van der Waals surface area contributed by atoms with Gasteiger partial charge in [-0.25, -0.2) is 0 Å². The molecule has 1 aromatic carbocycles. The van der Waals surface area contributed by atoms with Crippen molar-refractivity contribution >= 4 is 11.6 Å². The van der Waals surface area contributed by atoms with Crippen LogP contribution in [0.5, 0.6) is 5.75 Å². The molecule has 0 spiro atoms. The molecule has 0 fully saturated rings. The van der Waals surface area contributed by atoms with Crippen LogP contribution >= 0.6 is 11.6 Å². The van der Waals surface area contributed by atoms with Crippen molar-refractivity contribution in [1.29, 1.82) is 5.26 Å². The number of nitrogens with zero attached hydrogens (tertiary/aromatic N) is 1. The maximum Gasteiger partial charge on any atom is 0.137 e. The Labute approximate surface area is 94.4 Å². The van der Waals surface area contributed by atoms with Gasteiger partial charge in [0.05, 0.1) is 23.3 Å². The van der Waals surface area contributed by atoms with Gasteiger partial charge in [-0.2, -0.15) is 5.26 Å². The average Bonchev–Trinajstić information content (AvgIpc) is 2.26. The summed E-state index contributed by atoms with van der Waals surface area (Å²) in [5.74, 6) is 3.12. The van der Waals surface area contributed by atoms with Crippen molar-refractivity contribution in [3.05, 3.63) is 28.8 Å². The van der Waals surface area contributed by atoms with E-state index in [1.165, 1.54) is 0 Å². The summed E-state index contributed by atoms with van der Waals surface area (Å²) in [7, 11) is 0. The Balaban J connectivity index is 2.56. The molecule has 2 nitrogen and oxygen atoms in total. The monoisotopic (exact) mass is 219 g/mol. The first-order chi connectivity index (χ1) is 7.27. The molecule has 76 valence electrons. The van der Waals surface area contributed by atoms with E-state index in [4.69, 9.17) is 28.0 Å². The molecule has 0 saturated carbocycles. The number of benzene rings is 1. The summed E-state index contributed by atoms with van der Waals surface area (Å²) in [5.41, 5.74) is 0.524. The van der Waals surface area contributed by atoms with Crippen LogP contribution in [0.25, 0.3) is 0 Å². The van der Waals surface area contributed by atoms with Gasteiger partial charge in [0.1, 0.15) is 5.75 Å². The van der Waals surface area contributed by atoms with Crippen LogP contribution in [0, 0.1) is 23.7 Å². The Bertz CT molecular complexity index is 415. The fourth-order valence-corrected chi connectivity index (χ4v) is 1.28. The van der Waals surface area contributed by atoms with Crippen molar-refractivity contribution in [2.75, 3.05) is 6.61 Å².